The van der Waals surface area contributed by atoms with E-state index in [4.69, 9.17) is 0 Å². The zero-order valence-corrected chi connectivity index (χ0v) is 7.77. The van der Waals surface area contributed by atoms with Gasteiger partial charge in [-0.05, 0) is 18.6 Å². The molecule has 1 amide bonds. The second-order valence-electron chi connectivity index (χ2n) is 2.78. The monoisotopic (exact) mass is 197 g/mol. The first-order valence-corrected chi connectivity index (χ1v) is 3.65. The lowest BCUT2D eigenvalue weighted by atomic mass is 10.1. The van der Waals surface area contributed by atoms with Gasteiger partial charge in [0.05, 0.1) is 11.3 Å². The number of nitrogens with one attached hydrogen (secondary N) is 1. The predicted molar refractivity (Wildman–Crippen MR) is 51.4 cm³/mol. The highest BCUT2D eigenvalue weighted by atomic mass is 35.5. The molecule has 0 saturated carbocycles. The summed E-state index contributed by atoms with van der Waals surface area (Å²) in [5.41, 5.74) is 2.07. The molecular formula is C9H8ClNO2. The Morgan fingerprint density at radius 2 is 1.92 bits per heavy atom. The van der Waals surface area contributed by atoms with Crippen molar-refractivity contribution in [1.29, 1.82) is 0 Å². The van der Waals surface area contributed by atoms with Gasteiger partial charge in [0, 0.05) is 0 Å². The Balaban J connectivity index is 0.000000845. The van der Waals surface area contributed by atoms with Gasteiger partial charge in [-0.25, -0.2) is 0 Å². The van der Waals surface area contributed by atoms with Crippen molar-refractivity contribution in [1.82, 2.24) is 0 Å². The Labute approximate surface area is 81.5 Å². The summed E-state index contributed by atoms with van der Waals surface area (Å²) >= 11 is 0. The van der Waals surface area contributed by atoms with Crippen LogP contribution < -0.4 is 5.32 Å². The third kappa shape index (κ3) is 1.31. The lowest BCUT2D eigenvalue weighted by Gasteiger charge is -1.99. The minimum Gasteiger partial charge on any atom is -0.318 e. The van der Waals surface area contributed by atoms with Crippen LogP contribution in [0, 0.1) is 6.92 Å². The van der Waals surface area contributed by atoms with Gasteiger partial charge < -0.3 is 5.32 Å². The molecule has 0 bridgehead atoms. The fraction of sp³-hybridized carbons (Fsp3) is 0.111. The van der Waals surface area contributed by atoms with Gasteiger partial charge in [-0.15, -0.1) is 12.4 Å². The first kappa shape index (κ1) is 9.74. The lowest BCUT2D eigenvalue weighted by molar-refractivity contribution is -0.112. The standard InChI is InChI=1S/C9H7NO2.ClH/c1-5-3-2-4-6-7(5)10-9(12)8(6)11;/h2-4H,1H3,(H,10,11,12);1H. The van der Waals surface area contributed by atoms with E-state index in [2.05, 4.69) is 5.32 Å². The summed E-state index contributed by atoms with van der Waals surface area (Å²) in [4.78, 5) is 22.1. The number of aryl methyl sites for hydroxylation is 1. The van der Waals surface area contributed by atoms with Gasteiger partial charge in [-0.3, -0.25) is 9.59 Å². The van der Waals surface area contributed by atoms with Gasteiger partial charge in [-0.1, -0.05) is 12.1 Å². The molecule has 1 N–H and O–H groups in total. The number of benzene rings is 1. The van der Waals surface area contributed by atoms with E-state index in [-0.39, 0.29) is 12.4 Å². The molecule has 0 saturated heterocycles. The van der Waals surface area contributed by atoms with E-state index in [1.807, 2.05) is 13.0 Å². The van der Waals surface area contributed by atoms with E-state index in [9.17, 15) is 9.59 Å². The van der Waals surface area contributed by atoms with Crippen molar-refractivity contribution in [2.24, 2.45) is 0 Å². The number of Topliss-reactive ketones (excluding diaryl/α,β-unsaturated/α-hetero) is 1. The first-order valence-electron chi connectivity index (χ1n) is 3.65. The zero-order chi connectivity index (χ0) is 8.72. The van der Waals surface area contributed by atoms with Gasteiger partial charge >= 0.3 is 0 Å². The Morgan fingerprint density at radius 1 is 1.23 bits per heavy atom. The minimum absolute atomic E-state index is 0. The molecule has 4 heteroatoms. The predicted octanol–water partition coefficient (Wildman–Crippen LogP) is 1.55. The molecule has 1 aromatic rings. The van der Waals surface area contributed by atoms with E-state index in [0.717, 1.165) is 5.56 Å². The van der Waals surface area contributed by atoms with Crippen LogP contribution in [0.5, 0.6) is 0 Å². The Bertz CT molecular complexity index is 387. The molecular weight excluding hydrogens is 190 g/mol. The van der Waals surface area contributed by atoms with Gasteiger partial charge in [0.25, 0.3) is 11.7 Å². The molecule has 0 atom stereocenters. The number of rotatable bonds is 0. The van der Waals surface area contributed by atoms with E-state index < -0.39 is 11.7 Å². The molecule has 68 valence electrons. The van der Waals surface area contributed by atoms with Gasteiger partial charge in [0.15, 0.2) is 0 Å². The van der Waals surface area contributed by atoms with Crippen LogP contribution >= 0.6 is 12.4 Å². The summed E-state index contributed by atoms with van der Waals surface area (Å²) in [6.45, 7) is 1.86. The van der Waals surface area contributed by atoms with Gasteiger partial charge in [0.2, 0.25) is 0 Å². The summed E-state index contributed by atoms with van der Waals surface area (Å²) < 4.78 is 0. The van der Waals surface area contributed by atoms with E-state index in [0.29, 0.717) is 11.3 Å². The maximum atomic E-state index is 11.1. The van der Waals surface area contributed by atoms with Crippen molar-refractivity contribution in [3.8, 4) is 0 Å². The van der Waals surface area contributed by atoms with E-state index in [1.54, 1.807) is 12.1 Å². The fourth-order valence-corrected chi connectivity index (χ4v) is 1.32. The molecule has 0 unspecified atom stereocenters. The number of carbonyl (C=O) groups excluding carboxylic acids is 2. The van der Waals surface area contributed by atoms with Crippen LogP contribution in [0.1, 0.15) is 15.9 Å². The molecule has 2 rings (SSSR count). The molecule has 0 spiro atoms. The molecule has 1 aliphatic rings. The second kappa shape index (κ2) is 3.18. The summed E-state index contributed by atoms with van der Waals surface area (Å²) in [5.74, 6) is -0.965. The summed E-state index contributed by atoms with van der Waals surface area (Å²) in [6.07, 6.45) is 0. The Morgan fingerprint density at radius 3 is 2.54 bits per heavy atom. The number of hydrogen-bond donors (Lipinski definition) is 1. The topological polar surface area (TPSA) is 46.2 Å². The maximum absolute atomic E-state index is 11.1. The highest BCUT2D eigenvalue weighted by molar-refractivity contribution is 6.51. The van der Waals surface area contributed by atoms with Gasteiger partial charge in [0.1, 0.15) is 0 Å². The van der Waals surface area contributed by atoms with Crippen LogP contribution in [0.2, 0.25) is 0 Å². The van der Waals surface area contributed by atoms with Gasteiger partial charge in [-0.2, -0.15) is 0 Å². The van der Waals surface area contributed by atoms with Crippen LogP contribution in [0.15, 0.2) is 18.2 Å². The maximum Gasteiger partial charge on any atom is 0.296 e. The normalized spacial score (nSPS) is 13.3. The average Bonchev–Trinajstić information content (AvgIpc) is 2.32. The van der Waals surface area contributed by atoms with E-state index in [1.165, 1.54) is 0 Å². The van der Waals surface area contributed by atoms with Crippen molar-refractivity contribution in [3.05, 3.63) is 29.3 Å². The van der Waals surface area contributed by atoms with Crippen LogP contribution in [-0.4, -0.2) is 11.7 Å². The van der Waals surface area contributed by atoms with Crippen molar-refractivity contribution in [2.75, 3.05) is 5.32 Å². The van der Waals surface area contributed by atoms with Crippen LogP contribution in [0.3, 0.4) is 0 Å². The minimum atomic E-state index is -0.528. The molecule has 1 aromatic carbocycles. The Hall–Kier alpha value is -1.35. The zero-order valence-electron chi connectivity index (χ0n) is 6.96. The number of amides is 1. The van der Waals surface area contributed by atoms with Crippen LogP contribution in [-0.2, 0) is 4.79 Å². The Kier molecular flexibility index (Phi) is 2.38. The highest BCUT2D eigenvalue weighted by Crippen LogP contribution is 2.25. The summed E-state index contributed by atoms with van der Waals surface area (Å²) in [6, 6.07) is 5.28. The van der Waals surface area contributed by atoms with Crippen LogP contribution in [0.4, 0.5) is 5.69 Å². The summed E-state index contributed by atoms with van der Waals surface area (Å²) in [7, 11) is 0. The number of fused-ring (bicyclic) bond motifs is 1. The van der Waals surface area contributed by atoms with Crippen molar-refractivity contribution >= 4 is 29.8 Å². The average molecular weight is 198 g/mol. The lowest BCUT2D eigenvalue weighted by Crippen LogP contribution is -2.12. The SMILES string of the molecule is Cc1cccc2c1NC(=O)C2=O.Cl. The quantitative estimate of drug-likeness (QED) is 0.642. The number of ketones is 1. The number of carbonyl (C=O) groups is 2. The first-order chi connectivity index (χ1) is 5.70. The fourth-order valence-electron chi connectivity index (χ4n) is 1.32. The van der Waals surface area contributed by atoms with Crippen molar-refractivity contribution in [2.45, 2.75) is 6.92 Å². The number of para-hydroxylation sites is 1. The molecule has 3 nitrogen and oxygen atoms in total. The molecule has 1 heterocycles. The highest BCUT2D eigenvalue weighted by Gasteiger charge is 2.28. The molecule has 0 aliphatic carbocycles. The molecule has 1 aliphatic heterocycles. The van der Waals surface area contributed by atoms with Crippen LogP contribution in [0.25, 0.3) is 0 Å². The third-order valence-electron chi connectivity index (χ3n) is 1.96. The number of halogens is 1. The largest absolute Gasteiger partial charge is 0.318 e. The molecule has 0 fully saturated rings. The third-order valence-corrected chi connectivity index (χ3v) is 1.96. The molecule has 13 heavy (non-hydrogen) atoms. The number of anilines is 1. The van der Waals surface area contributed by atoms with Crippen molar-refractivity contribution < 1.29 is 9.59 Å². The summed E-state index contributed by atoms with van der Waals surface area (Å²) in [5, 5.41) is 2.53. The molecule has 0 aromatic heterocycles. The van der Waals surface area contributed by atoms with Crippen molar-refractivity contribution in [3.63, 3.8) is 0 Å². The second-order valence-corrected chi connectivity index (χ2v) is 2.78. The number of hydrogen-bond acceptors (Lipinski definition) is 2. The van der Waals surface area contributed by atoms with E-state index >= 15 is 0 Å². The molecule has 0 radical (unpaired) electrons. The smallest absolute Gasteiger partial charge is 0.296 e.